The van der Waals surface area contributed by atoms with Crippen LogP contribution in [0.3, 0.4) is 0 Å². The number of benzene rings is 2. The van der Waals surface area contributed by atoms with Crippen molar-refractivity contribution in [3.63, 3.8) is 0 Å². The van der Waals surface area contributed by atoms with Crippen LogP contribution < -0.4 is 16.6 Å². The summed E-state index contributed by atoms with van der Waals surface area (Å²) in [5.41, 5.74) is 1.44. The van der Waals surface area contributed by atoms with Crippen molar-refractivity contribution in [1.29, 1.82) is 0 Å². The molecule has 0 atom stereocenters. The lowest BCUT2D eigenvalue weighted by Gasteiger charge is -2.08. The summed E-state index contributed by atoms with van der Waals surface area (Å²) in [6, 6.07) is 13.4. The van der Waals surface area contributed by atoms with Gasteiger partial charge in [0.15, 0.2) is 5.65 Å². The van der Waals surface area contributed by atoms with Gasteiger partial charge in [-0.2, -0.15) is 4.98 Å². The van der Waals surface area contributed by atoms with E-state index in [9.17, 15) is 14.0 Å². The number of rotatable bonds is 5. The minimum absolute atomic E-state index is 0.159. The Kier molecular flexibility index (Phi) is 4.90. The van der Waals surface area contributed by atoms with Crippen LogP contribution in [-0.2, 0) is 6.42 Å². The minimum Gasteiger partial charge on any atom is -0.354 e. The van der Waals surface area contributed by atoms with Gasteiger partial charge in [-0.05, 0) is 43.2 Å². The Morgan fingerprint density at radius 2 is 1.93 bits per heavy atom. The highest BCUT2D eigenvalue weighted by molar-refractivity contribution is 5.73. The molecule has 0 saturated carbocycles. The van der Waals surface area contributed by atoms with E-state index in [2.05, 4.69) is 20.3 Å². The Bertz CT molecular complexity index is 1300. The first kappa shape index (κ1) is 18.5. The fourth-order valence-electron chi connectivity index (χ4n) is 3.03. The Hall–Kier alpha value is -3.81. The van der Waals surface area contributed by atoms with E-state index in [1.54, 1.807) is 18.2 Å². The van der Waals surface area contributed by atoms with E-state index >= 15 is 0 Å². The molecule has 8 heteroatoms. The standard InChI is InChI=1S/C21H18FN5O2/c1-13-5-7-16(8-6-13)27-19(28)17-12-24-20(25-18(17)26-21(27)29)23-10-9-14-3-2-4-15(22)11-14/h2-8,11-12H,9-10H2,1H3,(H2,23,24,25,26,29). The van der Waals surface area contributed by atoms with Crippen molar-refractivity contribution in [2.24, 2.45) is 0 Å². The minimum atomic E-state index is -0.573. The van der Waals surface area contributed by atoms with Crippen LogP contribution >= 0.6 is 0 Å². The van der Waals surface area contributed by atoms with Crippen LogP contribution in [0.25, 0.3) is 16.7 Å². The molecule has 4 rings (SSSR count). The molecule has 0 radical (unpaired) electrons. The van der Waals surface area contributed by atoms with Gasteiger partial charge in [0, 0.05) is 12.7 Å². The van der Waals surface area contributed by atoms with Crippen LogP contribution in [0, 0.1) is 12.7 Å². The number of anilines is 1. The van der Waals surface area contributed by atoms with E-state index in [1.165, 1.54) is 18.3 Å². The number of aromatic amines is 1. The number of fused-ring (bicyclic) bond motifs is 1. The number of hydrogen-bond donors (Lipinski definition) is 2. The molecule has 0 unspecified atom stereocenters. The zero-order valence-corrected chi connectivity index (χ0v) is 15.6. The third-order valence-corrected chi connectivity index (χ3v) is 4.53. The average molecular weight is 391 g/mol. The average Bonchev–Trinajstić information content (AvgIpc) is 2.69. The van der Waals surface area contributed by atoms with E-state index in [-0.39, 0.29) is 22.8 Å². The lowest BCUT2D eigenvalue weighted by Crippen LogP contribution is -2.34. The van der Waals surface area contributed by atoms with Gasteiger partial charge < -0.3 is 5.32 Å². The van der Waals surface area contributed by atoms with Gasteiger partial charge in [-0.25, -0.2) is 18.7 Å². The molecule has 7 nitrogen and oxygen atoms in total. The van der Waals surface area contributed by atoms with Crippen LogP contribution in [0.2, 0.25) is 0 Å². The lowest BCUT2D eigenvalue weighted by molar-refractivity contribution is 0.625. The van der Waals surface area contributed by atoms with Crippen molar-refractivity contribution in [1.82, 2.24) is 19.5 Å². The number of nitrogens with zero attached hydrogens (tertiary/aromatic N) is 3. The second-order valence-corrected chi connectivity index (χ2v) is 6.67. The number of nitrogens with one attached hydrogen (secondary N) is 2. The summed E-state index contributed by atoms with van der Waals surface area (Å²) in [6.45, 7) is 2.40. The summed E-state index contributed by atoms with van der Waals surface area (Å²) in [5, 5.41) is 3.23. The summed E-state index contributed by atoms with van der Waals surface area (Å²) in [7, 11) is 0. The molecule has 0 amide bonds. The predicted octanol–water partition coefficient (Wildman–Crippen LogP) is 2.57. The number of aryl methyl sites for hydroxylation is 1. The maximum atomic E-state index is 13.2. The summed E-state index contributed by atoms with van der Waals surface area (Å²) in [4.78, 5) is 36.3. The third-order valence-electron chi connectivity index (χ3n) is 4.53. The normalized spacial score (nSPS) is 11.0. The molecule has 146 valence electrons. The maximum Gasteiger partial charge on any atom is 0.334 e. The van der Waals surface area contributed by atoms with Crippen molar-refractivity contribution < 1.29 is 4.39 Å². The van der Waals surface area contributed by atoms with Crippen molar-refractivity contribution in [2.45, 2.75) is 13.3 Å². The highest BCUT2D eigenvalue weighted by atomic mass is 19.1. The zero-order chi connectivity index (χ0) is 20.4. The molecule has 0 fully saturated rings. The van der Waals surface area contributed by atoms with Gasteiger partial charge in [-0.15, -0.1) is 0 Å². The van der Waals surface area contributed by atoms with Crippen LogP contribution in [-0.4, -0.2) is 26.1 Å². The van der Waals surface area contributed by atoms with Gasteiger partial charge in [-0.1, -0.05) is 29.8 Å². The van der Waals surface area contributed by atoms with Gasteiger partial charge in [0.25, 0.3) is 5.56 Å². The van der Waals surface area contributed by atoms with Gasteiger partial charge in [0.1, 0.15) is 11.2 Å². The van der Waals surface area contributed by atoms with Gasteiger partial charge in [0.2, 0.25) is 5.95 Å². The van der Waals surface area contributed by atoms with Crippen LogP contribution in [0.1, 0.15) is 11.1 Å². The molecule has 0 aliphatic heterocycles. The fraction of sp³-hybridized carbons (Fsp3) is 0.143. The van der Waals surface area contributed by atoms with E-state index in [1.807, 2.05) is 25.1 Å². The molecule has 0 aliphatic carbocycles. The van der Waals surface area contributed by atoms with Crippen molar-refractivity contribution in [3.05, 3.63) is 92.5 Å². The summed E-state index contributed by atoms with van der Waals surface area (Å²) < 4.78 is 14.3. The van der Waals surface area contributed by atoms with E-state index in [0.29, 0.717) is 18.7 Å². The highest BCUT2D eigenvalue weighted by Gasteiger charge is 2.11. The molecule has 0 aliphatic rings. The molecule has 2 heterocycles. The van der Waals surface area contributed by atoms with Crippen molar-refractivity contribution in [2.75, 3.05) is 11.9 Å². The zero-order valence-electron chi connectivity index (χ0n) is 15.6. The predicted molar refractivity (Wildman–Crippen MR) is 109 cm³/mol. The van der Waals surface area contributed by atoms with Crippen LogP contribution in [0.4, 0.5) is 10.3 Å². The highest BCUT2D eigenvalue weighted by Crippen LogP contribution is 2.09. The summed E-state index contributed by atoms with van der Waals surface area (Å²) >= 11 is 0. The van der Waals surface area contributed by atoms with Gasteiger partial charge in [-0.3, -0.25) is 9.78 Å². The molecule has 29 heavy (non-hydrogen) atoms. The second-order valence-electron chi connectivity index (χ2n) is 6.67. The fourth-order valence-corrected chi connectivity index (χ4v) is 3.03. The second kappa shape index (κ2) is 7.67. The molecule has 2 N–H and O–H groups in total. The smallest absolute Gasteiger partial charge is 0.334 e. The summed E-state index contributed by atoms with van der Waals surface area (Å²) in [5.74, 6) is -0.0103. The third kappa shape index (κ3) is 3.91. The lowest BCUT2D eigenvalue weighted by atomic mass is 10.1. The first-order valence-corrected chi connectivity index (χ1v) is 9.09. The van der Waals surface area contributed by atoms with Gasteiger partial charge >= 0.3 is 5.69 Å². The first-order chi connectivity index (χ1) is 14.0. The summed E-state index contributed by atoms with van der Waals surface area (Å²) in [6.07, 6.45) is 1.96. The maximum absolute atomic E-state index is 13.2. The molecule has 0 saturated heterocycles. The Morgan fingerprint density at radius 1 is 1.14 bits per heavy atom. The quantitative estimate of drug-likeness (QED) is 0.546. The van der Waals surface area contributed by atoms with E-state index in [0.717, 1.165) is 15.7 Å². The van der Waals surface area contributed by atoms with Crippen molar-refractivity contribution >= 4 is 17.0 Å². The van der Waals surface area contributed by atoms with Crippen LogP contribution in [0.15, 0.2) is 64.3 Å². The van der Waals surface area contributed by atoms with E-state index < -0.39 is 11.2 Å². The Morgan fingerprint density at radius 3 is 2.69 bits per heavy atom. The van der Waals surface area contributed by atoms with Crippen LogP contribution in [0.5, 0.6) is 0 Å². The molecule has 4 aromatic rings. The number of hydrogen-bond acceptors (Lipinski definition) is 5. The monoisotopic (exact) mass is 391 g/mol. The SMILES string of the molecule is Cc1ccc(-n2c(=O)[nH]c3nc(NCCc4cccc(F)c4)ncc3c2=O)cc1. The van der Waals surface area contributed by atoms with E-state index in [4.69, 9.17) is 0 Å². The largest absolute Gasteiger partial charge is 0.354 e. The molecule has 2 aromatic carbocycles. The Balaban J connectivity index is 1.60. The Labute approximate surface area is 164 Å². The molecular weight excluding hydrogens is 373 g/mol. The van der Waals surface area contributed by atoms with Crippen molar-refractivity contribution in [3.8, 4) is 5.69 Å². The molecule has 0 bridgehead atoms. The molecular formula is C21H18FN5O2. The number of halogens is 1. The topological polar surface area (TPSA) is 92.7 Å². The number of aromatic nitrogens is 4. The number of H-pyrrole nitrogens is 1. The molecule has 0 spiro atoms. The first-order valence-electron chi connectivity index (χ1n) is 9.09. The molecule has 2 aromatic heterocycles. The van der Waals surface area contributed by atoms with Gasteiger partial charge in [0.05, 0.1) is 5.69 Å².